The predicted molar refractivity (Wildman–Crippen MR) is 129 cm³/mol. The van der Waals surface area contributed by atoms with Gasteiger partial charge in [-0.3, -0.25) is 0 Å². The number of halogens is 1. The van der Waals surface area contributed by atoms with Gasteiger partial charge in [0, 0.05) is 0 Å². The molecule has 0 aromatic heterocycles. The molecule has 0 aliphatic rings. The first-order chi connectivity index (χ1) is 13.1. The van der Waals surface area contributed by atoms with Crippen LogP contribution in [0, 0.1) is 0 Å². The van der Waals surface area contributed by atoms with E-state index >= 15 is 0 Å². The summed E-state index contributed by atoms with van der Waals surface area (Å²) >= 11 is -2.83. The minimum atomic E-state index is -2.83. The Morgan fingerprint density at radius 2 is 1.04 bits per heavy atom. The molecular formula is C25H46AsCl. The van der Waals surface area contributed by atoms with Crippen LogP contribution in [-0.4, -0.2) is 11.5 Å². The third-order valence-corrected chi connectivity index (χ3v) is 20.8. The second-order valence-corrected chi connectivity index (χ2v) is 24.9. The van der Waals surface area contributed by atoms with Crippen LogP contribution in [0.15, 0.2) is 30.3 Å². The summed E-state index contributed by atoms with van der Waals surface area (Å²) in [6, 6.07) is 11.1. The zero-order valence-electron chi connectivity index (χ0n) is 18.5. The quantitative estimate of drug-likeness (QED) is 0.161. The van der Waals surface area contributed by atoms with Crippen molar-refractivity contribution in [3.8, 4) is 0 Å². The Bertz CT molecular complexity index is 462. The van der Waals surface area contributed by atoms with E-state index in [1.54, 1.807) is 0 Å². The van der Waals surface area contributed by atoms with E-state index in [4.69, 9.17) is 9.95 Å². The van der Waals surface area contributed by atoms with Gasteiger partial charge in [0.15, 0.2) is 0 Å². The van der Waals surface area contributed by atoms with Gasteiger partial charge in [-0.1, -0.05) is 0 Å². The van der Waals surface area contributed by atoms with Crippen molar-refractivity contribution in [3.63, 3.8) is 0 Å². The van der Waals surface area contributed by atoms with Crippen LogP contribution in [0.25, 0.3) is 0 Å². The zero-order chi connectivity index (χ0) is 19.9. The Kier molecular flexibility index (Phi) is 13.1. The van der Waals surface area contributed by atoms with Crippen molar-refractivity contribution in [2.75, 3.05) is 0 Å². The van der Waals surface area contributed by atoms with Crippen LogP contribution in [0.4, 0.5) is 0 Å². The van der Waals surface area contributed by atoms with Gasteiger partial charge in [-0.05, 0) is 0 Å². The standard InChI is InChI=1S/C25H46AsCl/c1-4-7-10-11-12-13-14-18-23-26(27,21-8-5-2,22-9-6-3)24-25-19-16-15-17-20-25/h15-17,19-20H,4-14,18,21-24H2,1-3H3. The summed E-state index contributed by atoms with van der Waals surface area (Å²) < 4.78 is 0. The Balaban J connectivity index is 2.69. The maximum atomic E-state index is 7.85. The Morgan fingerprint density at radius 3 is 1.56 bits per heavy atom. The van der Waals surface area contributed by atoms with E-state index in [0.717, 1.165) is 0 Å². The monoisotopic (exact) mass is 456 g/mol. The van der Waals surface area contributed by atoms with E-state index in [9.17, 15) is 0 Å². The van der Waals surface area contributed by atoms with Gasteiger partial charge in [-0.15, -0.1) is 0 Å². The molecule has 0 spiro atoms. The van der Waals surface area contributed by atoms with E-state index in [2.05, 4.69) is 51.1 Å². The minimum absolute atomic E-state index is 1.21. The molecule has 158 valence electrons. The van der Waals surface area contributed by atoms with Gasteiger partial charge >= 0.3 is 176 Å². The molecule has 0 saturated carbocycles. The molecule has 2 heteroatoms. The molecule has 27 heavy (non-hydrogen) atoms. The summed E-state index contributed by atoms with van der Waals surface area (Å²) in [5, 5.41) is 5.23. The van der Waals surface area contributed by atoms with Crippen molar-refractivity contribution in [2.45, 2.75) is 119 Å². The summed E-state index contributed by atoms with van der Waals surface area (Å²) in [5.41, 5.74) is 1.49. The second-order valence-electron chi connectivity index (χ2n) is 8.82. The average molecular weight is 457 g/mol. The molecule has 1 aromatic carbocycles. The Labute approximate surface area is 175 Å². The molecule has 0 aliphatic carbocycles. The number of rotatable bonds is 17. The van der Waals surface area contributed by atoms with Crippen molar-refractivity contribution < 1.29 is 0 Å². The van der Waals surface area contributed by atoms with Gasteiger partial charge in [0.1, 0.15) is 0 Å². The summed E-state index contributed by atoms with van der Waals surface area (Å²) in [4.78, 5) is 0. The third-order valence-electron chi connectivity index (χ3n) is 6.13. The van der Waals surface area contributed by atoms with Crippen molar-refractivity contribution in [1.82, 2.24) is 0 Å². The molecule has 0 heterocycles. The summed E-state index contributed by atoms with van der Waals surface area (Å²) in [7, 11) is 7.85. The zero-order valence-corrected chi connectivity index (χ0v) is 21.2. The van der Waals surface area contributed by atoms with Crippen LogP contribution in [-0.2, 0) is 5.21 Å². The number of unbranched alkanes of at least 4 members (excludes halogenated alkanes) is 9. The van der Waals surface area contributed by atoms with Crippen molar-refractivity contribution >= 4 is 21.5 Å². The summed E-state index contributed by atoms with van der Waals surface area (Å²) in [5.74, 6) is 0. The van der Waals surface area contributed by atoms with Crippen molar-refractivity contribution in [1.29, 1.82) is 0 Å². The molecule has 1 rings (SSSR count). The van der Waals surface area contributed by atoms with Crippen molar-refractivity contribution in [3.05, 3.63) is 35.9 Å². The van der Waals surface area contributed by atoms with Gasteiger partial charge in [-0.2, -0.15) is 0 Å². The van der Waals surface area contributed by atoms with Gasteiger partial charge in [0.25, 0.3) is 0 Å². The SMILES string of the molecule is CCCCCCCCCC[As](Cl)(CCCC)(CCCC)Cc1ccccc1. The number of hydrogen-bond acceptors (Lipinski definition) is 0. The van der Waals surface area contributed by atoms with Gasteiger partial charge in [-0.25, -0.2) is 0 Å². The fourth-order valence-corrected chi connectivity index (χ4v) is 18.5. The van der Waals surface area contributed by atoms with Crippen molar-refractivity contribution in [2.24, 2.45) is 0 Å². The van der Waals surface area contributed by atoms with Gasteiger partial charge < -0.3 is 0 Å². The third kappa shape index (κ3) is 10.4. The van der Waals surface area contributed by atoms with Crippen LogP contribution >= 0.6 is 9.95 Å². The molecular weight excluding hydrogens is 411 g/mol. The molecule has 0 radical (unpaired) electrons. The normalized spacial score (nSPS) is 13.4. The molecule has 0 bridgehead atoms. The summed E-state index contributed by atoms with van der Waals surface area (Å²) in [6.07, 6.45) is 16.4. The van der Waals surface area contributed by atoms with Crippen LogP contribution in [0.2, 0.25) is 15.6 Å². The molecule has 0 aliphatic heterocycles. The molecule has 0 amide bonds. The number of hydrogen-bond donors (Lipinski definition) is 0. The molecule has 0 saturated heterocycles. The Hall–Kier alpha value is 0.0684. The first-order valence-electron chi connectivity index (χ1n) is 11.8. The maximum absolute atomic E-state index is 7.85. The molecule has 0 nitrogen and oxygen atoms in total. The molecule has 0 unspecified atom stereocenters. The predicted octanol–water partition coefficient (Wildman–Crippen LogP) is 9.65. The van der Waals surface area contributed by atoms with E-state index < -0.39 is 11.5 Å². The van der Waals surface area contributed by atoms with E-state index in [-0.39, 0.29) is 0 Å². The van der Waals surface area contributed by atoms with Crippen LogP contribution < -0.4 is 0 Å². The fraction of sp³-hybridized carbons (Fsp3) is 0.760. The topological polar surface area (TPSA) is 0 Å². The first-order valence-corrected chi connectivity index (χ1v) is 19.6. The van der Waals surface area contributed by atoms with Crippen LogP contribution in [0.5, 0.6) is 0 Å². The molecule has 0 fully saturated rings. The van der Waals surface area contributed by atoms with Crippen LogP contribution in [0.3, 0.4) is 0 Å². The average Bonchev–Trinajstić information content (AvgIpc) is 2.68. The summed E-state index contributed by atoms with van der Waals surface area (Å²) in [6.45, 7) is 6.94. The molecule has 1 aromatic rings. The van der Waals surface area contributed by atoms with E-state index in [1.807, 2.05) is 0 Å². The van der Waals surface area contributed by atoms with E-state index in [0.29, 0.717) is 0 Å². The van der Waals surface area contributed by atoms with Crippen LogP contribution in [0.1, 0.15) is 103 Å². The van der Waals surface area contributed by atoms with Gasteiger partial charge in [0.05, 0.1) is 0 Å². The fourth-order valence-electron chi connectivity index (χ4n) is 4.36. The Morgan fingerprint density at radius 1 is 0.593 bits per heavy atom. The first kappa shape index (κ1) is 25.1. The van der Waals surface area contributed by atoms with E-state index in [1.165, 1.54) is 103 Å². The molecule has 0 N–H and O–H groups in total. The number of benzene rings is 1. The van der Waals surface area contributed by atoms with Gasteiger partial charge in [0.2, 0.25) is 0 Å². The second kappa shape index (κ2) is 14.1. The molecule has 0 atom stereocenters.